The van der Waals surface area contributed by atoms with Crippen LogP contribution in [0.3, 0.4) is 0 Å². The van der Waals surface area contributed by atoms with Crippen LogP contribution in [0.2, 0.25) is 0 Å². The number of rotatable bonds is 4. The summed E-state index contributed by atoms with van der Waals surface area (Å²) in [5.74, 6) is 7.23. The lowest BCUT2D eigenvalue weighted by atomic mass is 9.92. The van der Waals surface area contributed by atoms with E-state index in [-0.39, 0.29) is 0 Å². The van der Waals surface area contributed by atoms with E-state index in [0.29, 0.717) is 35.6 Å². The van der Waals surface area contributed by atoms with Gasteiger partial charge in [0.15, 0.2) is 5.82 Å². The molecule has 1 aromatic rings. The molecule has 1 saturated carbocycles. The zero-order valence-electron chi connectivity index (χ0n) is 11.9. The molecular weight excluding hydrogens is 254 g/mol. The molecule has 0 saturated heterocycles. The molecular formula is C14H25N5O. The van der Waals surface area contributed by atoms with Gasteiger partial charge in [-0.3, -0.25) is 0 Å². The smallest absolute Gasteiger partial charge is 0.169 e. The lowest BCUT2D eigenvalue weighted by Gasteiger charge is -2.21. The summed E-state index contributed by atoms with van der Waals surface area (Å²) in [5, 5.41) is 0. The first-order valence-corrected chi connectivity index (χ1v) is 7.36. The number of hydrazine groups is 1. The summed E-state index contributed by atoms with van der Waals surface area (Å²) in [7, 11) is 0. The van der Waals surface area contributed by atoms with E-state index in [1.807, 2.05) is 0 Å². The van der Waals surface area contributed by atoms with E-state index in [2.05, 4.69) is 10.4 Å². The SMILES string of the molecule is NNc1nc(N)cc(OCC2CCCCCCC2)c1N. The predicted octanol–water partition coefficient (Wildman–Crippen LogP) is 2.27. The van der Waals surface area contributed by atoms with E-state index in [1.54, 1.807) is 6.07 Å². The van der Waals surface area contributed by atoms with Crippen molar-refractivity contribution in [3.05, 3.63) is 6.07 Å². The first kappa shape index (κ1) is 14.7. The summed E-state index contributed by atoms with van der Waals surface area (Å²) < 4.78 is 5.86. The Bertz CT molecular complexity index is 430. The molecule has 6 heteroatoms. The summed E-state index contributed by atoms with van der Waals surface area (Å²) >= 11 is 0. The molecule has 1 fully saturated rings. The summed E-state index contributed by atoms with van der Waals surface area (Å²) in [5.41, 5.74) is 14.5. The first-order valence-electron chi connectivity index (χ1n) is 7.36. The van der Waals surface area contributed by atoms with Gasteiger partial charge in [-0.2, -0.15) is 0 Å². The number of nitrogens with two attached hydrogens (primary N) is 3. The molecule has 0 atom stereocenters. The standard InChI is InChI=1S/C14H25N5O/c15-12-8-11(13(16)14(18-12)19-17)20-9-10-6-4-2-1-3-5-7-10/h8,10H,1-7,9,16-17H2,(H3,15,18,19). The predicted molar refractivity (Wildman–Crippen MR) is 82.2 cm³/mol. The monoisotopic (exact) mass is 279 g/mol. The van der Waals surface area contributed by atoms with Crippen LogP contribution in [0.4, 0.5) is 17.3 Å². The minimum atomic E-state index is 0.347. The van der Waals surface area contributed by atoms with E-state index < -0.39 is 0 Å². The van der Waals surface area contributed by atoms with Crippen LogP contribution >= 0.6 is 0 Å². The van der Waals surface area contributed by atoms with Crippen LogP contribution in [0.25, 0.3) is 0 Å². The number of nitrogen functional groups attached to an aromatic ring is 3. The summed E-state index contributed by atoms with van der Waals surface area (Å²) in [6, 6.07) is 1.65. The van der Waals surface area contributed by atoms with E-state index in [9.17, 15) is 0 Å². The Morgan fingerprint density at radius 2 is 1.80 bits per heavy atom. The zero-order valence-corrected chi connectivity index (χ0v) is 11.9. The van der Waals surface area contributed by atoms with Crippen LogP contribution in [0.5, 0.6) is 5.75 Å². The van der Waals surface area contributed by atoms with Crippen molar-refractivity contribution < 1.29 is 4.74 Å². The molecule has 1 aliphatic carbocycles. The highest BCUT2D eigenvalue weighted by Crippen LogP contribution is 2.31. The number of nitrogens with one attached hydrogen (secondary N) is 1. The van der Waals surface area contributed by atoms with Gasteiger partial charge >= 0.3 is 0 Å². The van der Waals surface area contributed by atoms with Gasteiger partial charge in [-0.15, -0.1) is 0 Å². The molecule has 0 radical (unpaired) electrons. The normalized spacial score (nSPS) is 17.2. The molecule has 0 amide bonds. The summed E-state index contributed by atoms with van der Waals surface area (Å²) in [6.45, 7) is 0.678. The molecule has 0 spiro atoms. The quantitative estimate of drug-likeness (QED) is 0.497. The van der Waals surface area contributed by atoms with Crippen LogP contribution in [-0.4, -0.2) is 11.6 Å². The Morgan fingerprint density at radius 3 is 2.45 bits per heavy atom. The number of ether oxygens (including phenoxy) is 1. The number of pyridine rings is 1. The number of hydrogen-bond acceptors (Lipinski definition) is 6. The summed E-state index contributed by atoms with van der Waals surface area (Å²) in [6.07, 6.45) is 9.07. The molecule has 0 unspecified atom stereocenters. The maximum absolute atomic E-state index is 5.95. The fourth-order valence-electron chi connectivity index (χ4n) is 2.69. The number of nitrogens with zero attached hydrogens (tertiary/aromatic N) is 1. The molecule has 7 N–H and O–H groups in total. The van der Waals surface area contributed by atoms with Gasteiger partial charge in [-0.05, 0) is 18.8 Å². The van der Waals surface area contributed by atoms with Gasteiger partial charge in [0.25, 0.3) is 0 Å². The third-order valence-corrected chi connectivity index (χ3v) is 3.88. The molecule has 6 nitrogen and oxygen atoms in total. The molecule has 20 heavy (non-hydrogen) atoms. The van der Waals surface area contributed by atoms with Crippen LogP contribution in [0.1, 0.15) is 44.9 Å². The van der Waals surface area contributed by atoms with E-state index >= 15 is 0 Å². The number of hydrogen-bond donors (Lipinski definition) is 4. The molecule has 1 aliphatic rings. The lowest BCUT2D eigenvalue weighted by Crippen LogP contribution is -2.16. The molecule has 1 aromatic heterocycles. The molecule has 1 heterocycles. The Kier molecular flexibility index (Phi) is 5.29. The Hall–Kier alpha value is -1.69. The highest BCUT2D eigenvalue weighted by Gasteiger charge is 2.14. The van der Waals surface area contributed by atoms with Gasteiger partial charge < -0.3 is 21.6 Å². The molecule has 0 aromatic carbocycles. The zero-order chi connectivity index (χ0) is 14.4. The number of anilines is 3. The van der Waals surface area contributed by atoms with Crippen molar-refractivity contribution in [2.75, 3.05) is 23.5 Å². The van der Waals surface area contributed by atoms with Gasteiger partial charge in [0.2, 0.25) is 0 Å². The maximum atomic E-state index is 5.95. The second kappa shape index (κ2) is 7.19. The Labute approximate surface area is 120 Å². The third-order valence-electron chi connectivity index (χ3n) is 3.88. The Morgan fingerprint density at radius 1 is 1.15 bits per heavy atom. The largest absolute Gasteiger partial charge is 0.491 e. The van der Waals surface area contributed by atoms with Crippen molar-refractivity contribution in [2.24, 2.45) is 11.8 Å². The van der Waals surface area contributed by atoms with Crippen molar-refractivity contribution in [1.29, 1.82) is 0 Å². The fraction of sp³-hybridized carbons (Fsp3) is 0.643. The van der Waals surface area contributed by atoms with Gasteiger partial charge in [0.1, 0.15) is 17.3 Å². The van der Waals surface area contributed by atoms with Crippen LogP contribution < -0.4 is 27.5 Å². The molecule has 112 valence electrons. The van der Waals surface area contributed by atoms with Crippen molar-refractivity contribution in [1.82, 2.24) is 4.98 Å². The van der Waals surface area contributed by atoms with Crippen molar-refractivity contribution in [3.8, 4) is 5.75 Å². The molecule has 2 rings (SSSR count). The Balaban J connectivity index is 1.97. The van der Waals surface area contributed by atoms with E-state index in [4.69, 9.17) is 22.0 Å². The third kappa shape index (κ3) is 3.90. The topological polar surface area (TPSA) is 112 Å². The van der Waals surface area contributed by atoms with Crippen molar-refractivity contribution in [2.45, 2.75) is 44.9 Å². The van der Waals surface area contributed by atoms with Crippen molar-refractivity contribution >= 4 is 17.3 Å². The highest BCUT2D eigenvalue weighted by molar-refractivity contribution is 5.71. The number of aromatic nitrogens is 1. The summed E-state index contributed by atoms with van der Waals surface area (Å²) in [4.78, 5) is 4.01. The van der Waals surface area contributed by atoms with Crippen LogP contribution in [-0.2, 0) is 0 Å². The van der Waals surface area contributed by atoms with Gasteiger partial charge in [0, 0.05) is 6.07 Å². The molecule has 0 bridgehead atoms. The lowest BCUT2D eigenvalue weighted by molar-refractivity contribution is 0.219. The second-order valence-corrected chi connectivity index (χ2v) is 5.47. The van der Waals surface area contributed by atoms with Crippen LogP contribution in [0, 0.1) is 5.92 Å². The van der Waals surface area contributed by atoms with Crippen molar-refractivity contribution in [3.63, 3.8) is 0 Å². The van der Waals surface area contributed by atoms with E-state index in [0.717, 1.165) is 0 Å². The highest BCUT2D eigenvalue weighted by atomic mass is 16.5. The average Bonchev–Trinajstić information content (AvgIpc) is 2.40. The molecule has 0 aliphatic heterocycles. The maximum Gasteiger partial charge on any atom is 0.169 e. The fourth-order valence-corrected chi connectivity index (χ4v) is 2.69. The van der Waals surface area contributed by atoms with Gasteiger partial charge in [0.05, 0.1) is 6.61 Å². The minimum absolute atomic E-state index is 0.347. The minimum Gasteiger partial charge on any atom is -0.491 e. The second-order valence-electron chi connectivity index (χ2n) is 5.47. The first-order chi connectivity index (χ1) is 9.70. The van der Waals surface area contributed by atoms with Gasteiger partial charge in [-0.25, -0.2) is 10.8 Å². The van der Waals surface area contributed by atoms with E-state index in [1.165, 1.54) is 44.9 Å². The average molecular weight is 279 g/mol. The van der Waals surface area contributed by atoms with Gasteiger partial charge in [-0.1, -0.05) is 32.1 Å². The van der Waals surface area contributed by atoms with Crippen LogP contribution in [0.15, 0.2) is 6.07 Å².